The molecule has 0 fully saturated rings. The van der Waals surface area contributed by atoms with Crippen molar-refractivity contribution in [3.05, 3.63) is 251 Å². The van der Waals surface area contributed by atoms with Gasteiger partial charge < -0.3 is 8.83 Å². The van der Waals surface area contributed by atoms with E-state index in [4.69, 9.17) is 28.8 Å². The van der Waals surface area contributed by atoms with Gasteiger partial charge in [0.2, 0.25) is 0 Å². The molecule has 0 aliphatic heterocycles. The van der Waals surface area contributed by atoms with E-state index in [2.05, 4.69) is 182 Å². The van der Waals surface area contributed by atoms with E-state index < -0.39 is 10.8 Å². The normalized spacial score (nSPS) is 17.3. The molecule has 3 aliphatic carbocycles. The first-order valence-corrected chi connectivity index (χ1v) is 22.8. The lowest BCUT2D eigenvalue weighted by atomic mass is 9.57. The van der Waals surface area contributed by atoms with Gasteiger partial charge in [0.25, 0.3) is 0 Å². The molecule has 16 rings (SSSR count). The summed E-state index contributed by atoms with van der Waals surface area (Å²) in [6.07, 6.45) is 0.621. The first-order chi connectivity index (χ1) is 33.2. The molecule has 4 heterocycles. The van der Waals surface area contributed by atoms with Crippen molar-refractivity contribution in [1.82, 2.24) is 19.9 Å². The van der Waals surface area contributed by atoms with Crippen molar-refractivity contribution in [1.29, 1.82) is 0 Å². The van der Waals surface area contributed by atoms with Gasteiger partial charge in [-0.15, -0.1) is 0 Å². The Labute approximate surface area is 383 Å². The number of furan rings is 2. The van der Waals surface area contributed by atoms with Gasteiger partial charge in [0.05, 0.1) is 27.8 Å². The van der Waals surface area contributed by atoms with Gasteiger partial charge in [-0.25, -0.2) is 19.9 Å². The SMILES string of the molecule is c1ccc(-c2nc(C34Cc5ccccc5C(c5nc(-c6ccccc6)c6cc7oc8ccccc8c7cc6n5)(c5ccccc53)c3ccccc34)nc3cc4c(cc23)oc2ccccc24)cc1. The van der Waals surface area contributed by atoms with Crippen LogP contribution in [0.3, 0.4) is 0 Å². The lowest BCUT2D eigenvalue weighted by molar-refractivity contribution is 0.539. The zero-order chi connectivity index (χ0) is 43.8. The molecule has 0 unspecified atom stereocenters. The maximum Gasteiger partial charge on any atom is 0.149 e. The highest BCUT2D eigenvalue weighted by molar-refractivity contribution is 6.12. The minimum atomic E-state index is -0.921. The van der Waals surface area contributed by atoms with Crippen molar-refractivity contribution in [3.63, 3.8) is 0 Å². The molecule has 312 valence electrons. The number of nitrogens with zero attached hydrogens (tertiary/aromatic N) is 4. The van der Waals surface area contributed by atoms with E-state index in [1.165, 1.54) is 5.56 Å². The highest BCUT2D eigenvalue weighted by Crippen LogP contribution is 2.62. The average Bonchev–Trinajstić information content (AvgIpc) is 3.87. The van der Waals surface area contributed by atoms with Crippen LogP contribution >= 0.6 is 0 Å². The molecule has 0 saturated carbocycles. The minimum Gasteiger partial charge on any atom is -0.456 e. The van der Waals surface area contributed by atoms with Crippen LogP contribution in [0.4, 0.5) is 0 Å². The second kappa shape index (κ2) is 13.4. The van der Waals surface area contributed by atoms with Gasteiger partial charge in [-0.1, -0.05) is 170 Å². The maximum atomic E-state index is 6.48. The number of fused-ring (bicyclic) bond motifs is 8. The standard InChI is InChI=1S/C61H36N4O2/c1-3-17-36(18-4-1)56-43-33-54-41(39-22-8-15-29-52(39)66-54)31-50(43)62-58(64-56)60-35-38-21-7-10-24-45(38)61(48-27-13-11-25-46(48)60,49-28-14-12-26-47(49)60)59-63-51-32-42-40-23-9-16-30-53(40)67-55(42)34-44(51)57(65-59)37-19-5-2-6-20-37/h1-34H,35H2. The number of hydrogen-bond acceptors (Lipinski definition) is 6. The second-order valence-corrected chi connectivity index (χ2v) is 18.0. The molecule has 9 aromatic carbocycles. The Bertz CT molecular complexity index is 4160. The van der Waals surface area contributed by atoms with Crippen LogP contribution < -0.4 is 0 Å². The molecule has 3 aliphatic rings. The minimum absolute atomic E-state index is 0.621. The molecular weight excluding hydrogens is 821 g/mol. The number of aromatic nitrogens is 4. The average molecular weight is 857 g/mol. The lowest BCUT2D eigenvalue weighted by Crippen LogP contribution is -2.44. The summed E-state index contributed by atoms with van der Waals surface area (Å²) in [6, 6.07) is 72.9. The van der Waals surface area contributed by atoms with E-state index in [9.17, 15) is 0 Å². The van der Waals surface area contributed by atoms with E-state index in [0.717, 1.165) is 122 Å². The third kappa shape index (κ3) is 4.88. The molecule has 4 aromatic heterocycles. The third-order valence-electron chi connectivity index (χ3n) is 14.7. The zero-order valence-electron chi connectivity index (χ0n) is 35.9. The van der Waals surface area contributed by atoms with E-state index >= 15 is 0 Å². The lowest BCUT2D eigenvalue weighted by Gasteiger charge is -2.45. The van der Waals surface area contributed by atoms with Crippen molar-refractivity contribution >= 4 is 65.7 Å². The summed E-state index contributed by atoms with van der Waals surface area (Å²) in [5.74, 6) is 1.46. The molecule has 0 radical (unpaired) electrons. The molecule has 6 heteroatoms. The summed E-state index contributed by atoms with van der Waals surface area (Å²) >= 11 is 0. The Balaban J connectivity index is 1.08. The Morgan fingerprint density at radius 3 is 1.31 bits per heavy atom. The van der Waals surface area contributed by atoms with Crippen molar-refractivity contribution in [2.45, 2.75) is 17.3 Å². The molecule has 67 heavy (non-hydrogen) atoms. The summed E-state index contributed by atoms with van der Waals surface area (Å²) in [5, 5.41) is 6.05. The summed E-state index contributed by atoms with van der Waals surface area (Å²) in [4.78, 5) is 23.1. The van der Waals surface area contributed by atoms with E-state index in [-0.39, 0.29) is 0 Å². The van der Waals surface area contributed by atoms with Gasteiger partial charge in [0.1, 0.15) is 39.4 Å². The van der Waals surface area contributed by atoms with Crippen molar-refractivity contribution in [2.75, 3.05) is 0 Å². The topological polar surface area (TPSA) is 77.8 Å². The molecule has 0 saturated heterocycles. The van der Waals surface area contributed by atoms with E-state index in [0.29, 0.717) is 12.2 Å². The van der Waals surface area contributed by atoms with Gasteiger partial charge in [-0.05, 0) is 76.2 Å². The van der Waals surface area contributed by atoms with Crippen LogP contribution in [-0.4, -0.2) is 19.9 Å². The molecule has 0 spiro atoms. The number of para-hydroxylation sites is 2. The second-order valence-electron chi connectivity index (χ2n) is 18.0. The van der Waals surface area contributed by atoms with Gasteiger partial charge in [0, 0.05) is 43.4 Å². The Kier molecular flexibility index (Phi) is 7.32. The molecule has 0 N–H and O–H groups in total. The van der Waals surface area contributed by atoms with Crippen molar-refractivity contribution in [2.24, 2.45) is 0 Å². The van der Waals surface area contributed by atoms with Crippen LogP contribution in [-0.2, 0) is 17.3 Å². The van der Waals surface area contributed by atoms with Gasteiger partial charge in [0.15, 0.2) is 0 Å². The van der Waals surface area contributed by atoms with Crippen LogP contribution in [0, 0.1) is 0 Å². The molecule has 6 nitrogen and oxygen atoms in total. The fourth-order valence-electron chi connectivity index (χ4n) is 11.8. The van der Waals surface area contributed by atoms with Gasteiger partial charge in [-0.2, -0.15) is 0 Å². The number of benzene rings is 9. The number of hydrogen-bond donors (Lipinski definition) is 0. The first kappa shape index (κ1) is 36.6. The van der Waals surface area contributed by atoms with Crippen LogP contribution in [0.1, 0.15) is 45.0 Å². The van der Waals surface area contributed by atoms with E-state index in [1.54, 1.807) is 0 Å². The van der Waals surface area contributed by atoms with Crippen LogP contribution in [0.15, 0.2) is 215 Å². The molecule has 0 atom stereocenters. The quantitative estimate of drug-likeness (QED) is 0.175. The molecule has 0 amide bonds. The maximum absolute atomic E-state index is 6.48. The van der Waals surface area contributed by atoms with Gasteiger partial charge >= 0.3 is 0 Å². The van der Waals surface area contributed by atoms with Gasteiger partial charge in [-0.3, -0.25) is 0 Å². The fraction of sp³-hybridized carbons (Fsp3) is 0.0492. The largest absolute Gasteiger partial charge is 0.456 e. The van der Waals surface area contributed by atoms with E-state index in [1.807, 2.05) is 24.3 Å². The third-order valence-corrected chi connectivity index (χ3v) is 14.7. The predicted octanol–water partition coefficient (Wildman–Crippen LogP) is 14.3. The van der Waals surface area contributed by atoms with Crippen LogP contribution in [0.2, 0.25) is 0 Å². The summed E-state index contributed by atoms with van der Waals surface area (Å²) in [6.45, 7) is 0. The summed E-state index contributed by atoms with van der Waals surface area (Å²) < 4.78 is 13.0. The summed E-state index contributed by atoms with van der Waals surface area (Å²) in [7, 11) is 0. The smallest absolute Gasteiger partial charge is 0.149 e. The first-order valence-electron chi connectivity index (χ1n) is 22.8. The monoisotopic (exact) mass is 856 g/mol. The highest BCUT2D eigenvalue weighted by atomic mass is 16.3. The van der Waals surface area contributed by atoms with Crippen molar-refractivity contribution in [3.8, 4) is 22.5 Å². The zero-order valence-corrected chi connectivity index (χ0v) is 35.9. The predicted molar refractivity (Wildman–Crippen MR) is 266 cm³/mol. The summed E-state index contributed by atoms with van der Waals surface area (Å²) in [5.41, 5.74) is 13.9. The molecular formula is C61H36N4O2. The Morgan fingerprint density at radius 2 is 0.761 bits per heavy atom. The Hall–Kier alpha value is -8.74. The highest BCUT2D eigenvalue weighted by Gasteiger charge is 2.59. The Morgan fingerprint density at radius 1 is 0.328 bits per heavy atom. The molecule has 13 aromatic rings. The van der Waals surface area contributed by atoms with Crippen LogP contribution in [0.25, 0.3) is 88.2 Å². The molecule has 2 bridgehead atoms. The van der Waals surface area contributed by atoms with Crippen molar-refractivity contribution < 1.29 is 8.83 Å². The number of rotatable bonds is 4. The van der Waals surface area contributed by atoms with Crippen LogP contribution in [0.5, 0.6) is 0 Å². The fourth-order valence-corrected chi connectivity index (χ4v) is 11.8.